The lowest BCUT2D eigenvalue weighted by Crippen LogP contribution is -2.05. The predicted octanol–water partition coefficient (Wildman–Crippen LogP) is 1.77. The molecule has 2 N–H and O–H groups in total. The van der Waals surface area contributed by atoms with Crippen molar-refractivity contribution in [2.24, 2.45) is 7.05 Å². The van der Waals surface area contributed by atoms with Crippen molar-refractivity contribution in [2.75, 3.05) is 5.32 Å². The van der Waals surface area contributed by atoms with Gasteiger partial charge in [-0.1, -0.05) is 12.1 Å². The van der Waals surface area contributed by atoms with E-state index >= 15 is 0 Å². The van der Waals surface area contributed by atoms with Gasteiger partial charge in [0.25, 0.3) is 0 Å². The molecule has 0 spiro atoms. The molecule has 2 rings (SSSR count). The molecule has 8 heteroatoms. The van der Waals surface area contributed by atoms with Gasteiger partial charge < -0.3 is 20.5 Å². The summed E-state index contributed by atoms with van der Waals surface area (Å²) in [5, 5.41) is 22.6. The number of carboxylic acids is 1. The summed E-state index contributed by atoms with van der Waals surface area (Å²) in [4.78, 5) is 24.9. The fraction of sp³-hybridized carbons (Fsp3) is 0.0909. The van der Waals surface area contributed by atoms with E-state index in [9.17, 15) is 14.9 Å². The van der Waals surface area contributed by atoms with Crippen LogP contribution in [0.2, 0.25) is 0 Å². The lowest BCUT2D eigenvalue weighted by atomic mass is 10.2. The van der Waals surface area contributed by atoms with Gasteiger partial charge in [0.2, 0.25) is 12.1 Å². The van der Waals surface area contributed by atoms with E-state index in [1.165, 1.54) is 23.0 Å². The molecule has 0 radical (unpaired) electrons. The van der Waals surface area contributed by atoms with Crippen LogP contribution in [0.25, 0.3) is 0 Å². The van der Waals surface area contributed by atoms with E-state index in [4.69, 9.17) is 5.11 Å². The molecule has 0 unspecified atom stereocenters. The molecule has 0 aliphatic carbocycles. The van der Waals surface area contributed by atoms with Crippen molar-refractivity contribution < 1.29 is 14.8 Å². The van der Waals surface area contributed by atoms with Gasteiger partial charge >= 0.3 is 11.8 Å². The number of anilines is 2. The number of carboxylic acid groups (broad SMARTS) is 1. The van der Waals surface area contributed by atoms with Gasteiger partial charge in [0.1, 0.15) is 0 Å². The van der Waals surface area contributed by atoms with Crippen molar-refractivity contribution in [1.29, 1.82) is 0 Å². The molecular weight excluding hydrogens is 252 g/mol. The quantitative estimate of drug-likeness (QED) is 0.641. The number of aromatic carboxylic acids is 1. The number of imidazole rings is 1. The number of aryl methyl sites for hydroxylation is 1. The molecule has 8 nitrogen and oxygen atoms in total. The number of hydrogen-bond donors (Lipinski definition) is 2. The van der Waals surface area contributed by atoms with E-state index in [1.54, 1.807) is 19.2 Å². The third-order valence-electron chi connectivity index (χ3n) is 2.50. The summed E-state index contributed by atoms with van der Waals surface area (Å²) in [6.07, 6.45) is 1.28. The summed E-state index contributed by atoms with van der Waals surface area (Å²) in [5.74, 6) is -1.35. The fourth-order valence-electron chi connectivity index (χ4n) is 1.60. The number of nitro groups is 1. The molecule has 1 aromatic heterocycles. The predicted molar refractivity (Wildman–Crippen MR) is 66.5 cm³/mol. The summed E-state index contributed by atoms with van der Waals surface area (Å²) in [6, 6.07) is 6.15. The molecule has 0 saturated carbocycles. The highest BCUT2D eigenvalue weighted by molar-refractivity contribution is 5.95. The molecule has 0 bridgehead atoms. The topological polar surface area (TPSA) is 110 Å². The minimum Gasteiger partial charge on any atom is -0.478 e. The molecule has 1 heterocycles. The van der Waals surface area contributed by atoms with Crippen molar-refractivity contribution >= 4 is 23.3 Å². The zero-order valence-corrected chi connectivity index (χ0v) is 9.90. The molecule has 0 aliphatic rings. The van der Waals surface area contributed by atoms with Crippen molar-refractivity contribution in [3.05, 3.63) is 46.3 Å². The first-order chi connectivity index (χ1) is 9.00. The summed E-state index contributed by atoms with van der Waals surface area (Å²) < 4.78 is 1.41. The van der Waals surface area contributed by atoms with E-state index in [1.807, 2.05) is 0 Å². The SMILES string of the molecule is Cn1cnc([N+](=O)[O-])c1Nc1ccccc1C(=O)O. The van der Waals surface area contributed by atoms with Gasteiger partial charge in [-0.3, -0.25) is 4.57 Å². The molecule has 0 saturated heterocycles. The van der Waals surface area contributed by atoms with Gasteiger partial charge in [-0.15, -0.1) is 0 Å². The average Bonchev–Trinajstić information content (AvgIpc) is 2.72. The lowest BCUT2D eigenvalue weighted by molar-refractivity contribution is -0.388. The largest absolute Gasteiger partial charge is 0.478 e. The van der Waals surface area contributed by atoms with Crippen molar-refractivity contribution in [3.8, 4) is 0 Å². The van der Waals surface area contributed by atoms with Gasteiger partial charge in [-0.25, -0.2) is 4.79 Å². The first kappa shape index (κ1) is 12.6. The van der Waals surface area contributed by atoms with Gasteiger partial charge in [-0.05, 0) is 22.0 Å². The number of aromatic nitrogens is 2. The number of carbonyl (C=O) groups is 1. The standard InChI is InChI=1S/C11H10N4O4/c1-14-6-12-9(15(18)19)10(14)13-8-5-3-2-4-7(8)11(16)17/h2-6,13H,1H3,(H,16,17). The van der Waals surface area contributed by atoms with E-state index in [-0.39, 0.29) is 22.9 Å². The Labute approximate surface area is 107 Å². The van der Waals surface area contributed by atoms with Gasteiger partial charge in [0.05, 0.1) is 11.3 Å². The Morgan fingerprint density at radius 2 is 2.16 bits per heavy atom. The molecular formula is C11H10N4O4. The molecule has 19 heavy (non-hydrogen) atoms. The number of para-hydroxylation sites is 1. The van der Waals surface area contributed by atoms with E-state index in [0.717, 1.165) is 0 Å². The van der Waals surface area contributed by atoms with Crippen molar-refractivity contribution in [3.63, 3.8) is 0 Å². The third kappa shape index (κ3) is 2.37. The van der Waals surface area contributed by atoms with Crippen LogP contribution in [0, 0.1) is 10.1 Å². The zero-order valence-electron chi connectivity index (χ0n) is 9.90. The number of benzene rings is 1. The van der Waals surface area contributed by atoms with Crippen molar-refractivity contribution in [1.82, 2.24) is 9.55 Å². The summed E-state index contributed by atoms with van der Waals surface area (Å²) in [6.45, 7) is 0. The van der Waals surface area contributed by atoms with Crippen LogP contribution < -0.4 is 5.32 Å². The van der Waals surface area contributed by atoms with Crippen LogP contribution in [-0.4, -0.2) is 25.6 Å². The Kier molecular flexibility index (Phi) is 3.15. The Morgan fingerprint density at radius 3 is 2.79 bits per heavy atom. The van der Waals surface area contributed by atoms with Crippen LogP contribution in [-0.2, 0) is 7.05 Å². The number of hydrogen-bond acceptors (Lipinski definition) is 5. The second kappa shape index (κ2) is 4.77. The molecule has 0 fully saturated rings. The maximum atomic E-state index is 11.1. The second-order valence-electron chi connectivity index (χ2n) is 3.76. The molecule has 98 valence electrons. The van der Waals surface area contributed by atoms with Gasteiger partial charge in [-0.2, -0.15) is 0 Å². The highest BCUT2D eigenvalue weighted by Gasteiger charge is 2.21. The fourth-order valence-corrected chi connectivity index (χ4v) is 1.60. The maximum Gasteiger partial charge on any atom is 0.406 e. The van der Waals surface area contributed by atoms with E-state index in [0.29, 0.717) is 0 Å². The molecule has 0 aliphatic heterocycles. The number of nitrogens with zero attached hydrogens (tertiary/aromatic N) is 3. The van der Waals surface area contributed by atoms with E-state index in [2.05, 4.69) is 10.3 Å². The molecule has 0 atom stereocenters. The number of nitrogens with one attached hydrogen (secondary N) is 1. The summed E-state index contributed by atoms with van der Waals surface area (Å²) >= 11 is 0. The maximum absolute atomic E-state index is 11.1. The summed E-state index contributed by atoms with van der Waals surface area (Å²) in [7, 11) is 1.58. The Hall–Kier alpha value is -2.90. The van der Waals surface area contributed by atoms with Crippen LogP contribution in [0.5, 0.6) is 0 Å². The van der Waals surface area contributed by atoms with Crippen LogP contribution in [0.1, 0.15) is 10.4 Å². The smallest absolute Gasteiger partial charge is 0.406 e. The van der Waals surface area contributed by atoms with Crippen LogP contribution in [0.15, 0.2) is 30.6 Å². The second-order valence-corrected chi connectivity index (χ2v) is 3.76. The Bertz CT molecular complexity index is 650. The van der Waals surface area contributed by atoms with Crippen molar-refractivity contribution in [2.45, 2.75) is 0 Å². The zero-order chi connectivity index (χ0) is 14.0. The number of rotatable bonds is 4. The van der Waals surface area contributed by atoms with Gasteiger partial charge in [0.15, 0.2) is 0 Å². The molecule has 0 amide bonds. The van der Waals surface area contributed by atoms with Crippen LogP contribution in [0.3, 0.4) is 0 Å². The lowest BCUT2D eigenvalue weighted by Gasteiger charge is -2.08. The average molecular weight is 262 g/mol. The monoisotopic (exact) mass is 262 g/mol. The van der Waals surface area contributed by atoms with Crippen LogP contribution >= 0.6 is 0 Å². The Balaban J connectivity index is 2.45. The third-order valence-corrected chi connectivity index (χ3v) is 2.50. The molecule has 2 aromatic rings. The molecule has 1 aromatic carbocycles. The highest BCUT2D eigenvalue weighted by Crippen LogP contribution is 2.27. The van der Waals surface area contributed by atoms with Gasteiger partial charge in [0, 0.05) is 7.05 Å². The normalized spacial score (nSPS) is 10.2. The first-order valence-electron chi connectivity index (χ1n) is 5.25. The highest BCUT2D eigenvalue weighted by atomic mass is 16.6. The Morgan fingerprint density at radius 1 is 1.47 bits per heavy atom. The van der Waals surface area contributed by atoms with Crippen LogP contribution in [0.4, 0.5) is 17.3 Å². The first-order valence-corrected chi connectivity index (χ1v) is 5.25. The van der Waals surface area contributed by atoms with E-state index < -0.39 is 10.9 Å². The summed E-state index contributed by atoms with van der Waals surface area (Å²) in [5.41, 5.74) is 0.291. The minimum atomic E-state index is -1.12. The minimum absolute atomic E-state index is 0.0259.